The van der Waals surface area contributed by atoms with Crippen LogP contribution in [0.5, 0.6) is 5.75 Å². The Hall–Kier alpha value is -3.20. The molecule has 0 heterocycles. The minimum atomic E-state index is -2.87. The van der Waals surface area contributed by atoms with Crippen molar-refractivity contribution in [1.82, 2.24) is 0 Å². The van der Waals surface area contributed by atoms with Gasteiger partial charge in [-0.05, 0) is 41.5 Å². The molecule has 0 amide bonds. The Labute approximate surface area is 137 Å². The Morgan fingerprint density at radius 3 is 2.38 bits per heavy atom. The highest BCUT2D eigenvalue weighted by molar-refractivity contribution is 5.87. The molecule has 2 aromatic rings. The van der Waals surface area contributed by atoms with Gasteiger partial charge in [0.15, 0.2) is 0 Å². The zero-order valence-corrected chi connectivity index (χ0v) is 12.5. The summed E-state index contributed by atoms with van der Waals surface area (Å²) in [5.41, 5.74) is 1.94. The van der Waals surface area contributed by atoms with E-state index in [2.05, 4.69) is 4.74 Å². The Morgan fingerprint density at radius 1 is 1.12 bits per heavy atom. The molecule has 0 bridgehead atoms. The molecule has 0 N–H and O–H groups in total. The van der Waals surface area contributed by atoms with Crippen molar-refractivity contribution in [1.29, 1.82) is 5.26 Å². The Balaban J connectivity index is 1.84. The fourth-order valence-electron chi connectivity index (χ4n) is 1.80. The van der Waals surface area contributed by atoms with E-state index in [1.54, 1.807) is 36.4 Å². The predicted molar refractivity (Wildman–Crippen MR) is 83.1 cm³/mol. The lowest BCUT2D eigenvalue weighted by Gasteiger charge is -2.04. The number of benzene rings is 2. The van der Waals surface area contributed by atoms with Crippen LogP contribution in [0.25, 0.3) is 6.08 Å². The molecule has 0 radical (unpaired) electrons. The third-order valence-corrected chi connectivity index (χ3v) is 2.98. The molecule has 0 spiro atoms. The van der Waals surface area contributed by atoms with Gasteiger partial charge in [0.05, 0.1) is 11.6 Å². The van der Waals surface area contributed by atoms with Gasteiger partial charge >= 0.3 is 12.6 Å². The molecule has 0 fully saturated rings. The fraction of sp³-hybridized carbons (Fsp3) is 0.111. The van der Waals surface area contributed by atoms with E-state index in [0.717, 1.165) is 5.56 Å². The van der Waals surface area contributed by atoms with Gasteiger partial charge in [-0.1, -0.05) is 24.3 Å². The number of hydrogen-bond acceptors (Lipinski definition) is 4. The lowest BCUT2D eigenvalue weighted by atomic mass is 10.2. The summed E-state index contributed by atoms with van der Waals surface area (Å²) >= 11 is 0. The summed E-state index contributed by atoms with van der Waals surface area (Å²) in [6, 6.07) is 14.5. The summed E-state index contributed by atoms with van der Waals surface area (Å²) < 4.78 is 33.4. The molecule has 0 aromatic heterocycles. The zero-order valence-electron chi connectivity index (χ0n) is 12.5. The molecule has 4 nitrogen and oxygen atoms in total. The maximum atomic E-state index is 12.0. The number of nitriles is 1. The van der Waals surface area contributed by atoms with Gasteiger partial charge in [-0.2, -0.15) is 14.0 Å². The highest BCUT2D eigenvalue weighted by Gasteiger charge is 2.03. The van der Waals surface area contributed by atoms with Crippen molar-refractivity contribution in [3.8, 4) is 11.8 Å². The van der Waals surface area contributed by atoms with Crippen LogP contribution in [-0.4, -0.2) is 12.6 Å². The van der Waals surface area contributed by atoms with Crippen molar-refractivity contribution in [3.05, 3.63) is 71.3 Å². The summed E-state index contributed by atoms with van der Waals surface area (Å²) in [5, 5.41) is 8.70. The van der Waals surface area contributed by atoms with Crippen molar-refractivity contribution in [2.75, 3.05) is 0 Å². The molecule has 0 unspecified atom stereocenters. The number of esters is 1. The van der Waals surface area contributed by atoms with Crippen LogP contribution in [-0.2, 0) is 16.1 Å². The summed E-state index contributed by atoms with van der Waals surface area (Å²) in [6.07, 6.45) is 2.75. The quantitative estimate of drug-likeness (QED) is 0.595. The van der Waals surface area contributed by atoms with Crippen LogP contribution < -0.4 is 4.74 Å². The topological polar surface area (TPSA) is 59.3 Å². The first-order valence-electron chi connectivity index (χ1n) is 6.95. The second kappa shape index (κ2) is 8.44. The summed E-state index contributed by atoms with van der Waals surface area (Å²) in [5.74, 6) is -0.488. The van der Waals surface area contributed by atoms with Gasteiger partial charge < -0.3 is 9.47 Å². The summed E-state index contributed by atoms with van der Waals surface area (Å²) in [7, 11) is 0. The lowest BCUT2D eigenvalue weighted by molar-refractivity contribution is -0.138. The van der Waals surface area contributed by atoms with Gasteiger partial charge in [-0.3, -0.25) is 0 Å². The van der Waals surface area contributed by atoms with Crippen molar-refractivity contribution in [2.45, 2.75) is 13.2 Å². The number of halogens is 2. The molecule has 0 aliphatic rings. The van der Waals surface area contributed by atoms with Gasteiger partial charge in [0.1, 0.15) is 12.4 Å². The van der Waals surface area contributed by atoms with Crippen molar-refractivity contribution < 1.29 is 23.0 Å². The van der Waals surface area contributed by atoms with Crippen LogP contribution in [0, 0.1) is 11.3 Å². The Morgan fingerprint density at radius 2 is 1.79 bits per heavy atom. The number of rotatable bonds is 6. The van der Waals surface area contributed by atoms with E-state index < -0.39 is 12.6 Å². The molecule has 24 heavy (non-hydrogen) atoms. The highest BCUT2D eigenvalue weighted by atomic mass is 19.3. The molecule has 2 rings (SSSR count). The van der Waals surface area contributed by atoms with Gasteiger partial charge in [-0.15, -0.1) is 0 Å². The number of alkyl halides is 2. The first-order valence-corrected chi connectivity index (χ1v) is 6.95. The maximum Gasteiger partial charge on any atom is 0.387 e. The first-order chi connectivity index (χ1) is 11.6. The molecule has 0 atom stereocenters. The zero-order chi connectivity index (χ0) is 17.4. The minimum absolute atomic E-state index is 0.0468. The number of nitrogens with zero attached hydrogens (tertiary/aromatic N) is 1. The van der Waals surface area contributed by atoms with Crippen LogP contribution in [0.4, 0.5) is 8.78 Å². The van der Waals surface area contributed by atoms with Crippen LogP contribution in [0.2, 0.25) is 0 Å². The molecule has 0 saturated carbocycles. The third-order valence-electron chi connectivity index (χ3n) is 2.98. The highest BCUT2D eigenvalue weighted by Crippen LogP contribution is 2.15. The average Bonchev–Trinajstić information content (AvgIpc) is 2.59. The molecule has 122 valence electrons. The van der Waals surface area contributed by atoms with E-state index in [9.17, 15) is 13.6 Å². The second-order valence-electron chi connectivity index (χ2n) is 4.70. The van der Waals surface area contributed by atoms with Crippen LogP contribution in [0.15, 0.2) is 54.6 Å². The molecule has 0 saturated heterocycles. The second-order valence-corrected chi connectivity index (χ2v) is 4.70. The van der Waals surface area contributed by atoms with Crippen LogP contribution >= 0.6 is 0 Å². The SMILES string of the molecule is N#Cc1ccc(COC(=O)C=Cc2ccc(OC(F)F)cc2)cc1. The van der Waals surface area contributed by atoms with Crippen molar-refractivity contribution in [2.24, 2.45) is 0 Å². The van der Waals surface area contributed by atoms with E-state index in [4.69, 9.17) is 10.00 Å². The van der Waals surface area contributed by atoms with Crippen LogP contribution in [0.3, 0.4) is 0 Å². The van der Waals surface area contributed by atoms with E-state index in [-0.39, 0.29) is 12.4 Å². The average molecular weight is 329 g/mol. The summed E-state index contributed by atoms with van der Waals surface area (Å²) in [4.78, 5) is 11.6. The predicted octanol–water partition coefficient (Wildman–Crippen LogP) is 3.92. The normalized spacial score (nSPS) is 10.6. The molecule has 2 aromatic carbocycles. The maximum absolute atomic E-state index is 12.0. The number of carbonyl (C=O) groups excluding carboxylic acids is 1. The van der Waals surface area contributed by atoms with Crippen molar-refractivity contribution in [3.63, 3.8) is 0 Å². The van der Waals surface area contributed by atoms with E-state index >= 15 is 0 Å². The standard InChI is InChI=1S/C18H13F2NO3/c19-18(20)24-16-8-5-13(6-9-16)7-10-17(22)23-12-15-3-1-14(11-21)2-4-15/h1-10,18H,12H2. The van der Waals surface area contributed by atoms with Gasteiger partial charge in [0, 0.05) is 6.08 Å². The van der Waals surface area contributed by atoms with Crippen LogP contribution in [0.1, 0.15) is 16.7 Å². The number of hydrogen-bond donors (Lipinski definition) is 0. The smallest absolute Gasteiger partial charge is 0.387 e. The van der Waals surface area contributed by atoms with E-state index in [0.29, 0.717) is 11.1 Å². The van der Waals surface area contributed by atoms with Gasteiger partial charge in [0.2, 0.25) is 0 Å². The van der Waals surface area contributed by atoms with Gasteiger partial charge in [-0.25, -0.2) is 4.79 Å². The first kappa shape index (κ1) is 17.2. The van der Waals surface area contributed by atoms with Crippen molar-refractivity contribution >= 4 is 12.0 Å². The molecule has 0 aliphatic carbocycles. The van der Waals surface area contributed by atoms with Gasteiger partial charge in [0.25, 0.3) is 0 Å². The monoisotopic (exact) mass is 329 g/mol. The third kappa shape index (κ3) is 5.54. The lowest BCUT2D eigenvalue weighted by Crippen LogP contribution is -2.01. The Kier molecular flexibility index (Phi) is 6.03. The van der Waals surface area contributed by atoms with E-state index in [1.807, 2.05) is 6.07 Å². The summed E-state index contributed by atoms with van der Waals surface area (Å²) in [6.45, 7) is -2.78. The molecular weight excluding hydrogens is 316 g/mol. The number of carbonyl (C=O) groups is 1. The number of ether oxygens (including phenoxy) is 2. The van der Waals surface area contributed by atoms with E-state index in [1.165, 1.54) is 24.3 Å². The fourth-order valence-corrected chi connectivity index (χ4v) is 1.80. The minimum Gasteiger partial charge on any atom is -0.458 e. The largest absolute Gasteiger partial charge is 0.458 e. The molecule has 6 heteroatoms. The molecule has 0 aliphatic heterocycles. The molecular formula is C18H13F2NO3. The Bertz CT molecular complexity index is 747.